The quantitative estimate of drug-likeness (QED) is 0.571. The van der Waals surface area contributed by atoms with Crippen molar-refractivity contribution >= 4 is 23.5 Å². The second-order valence-electron chi connectivity index (χ2n) is 2.74. The van der Waals surface area contributed by atoms with Crippen molar-refractivity contribution in [1.29, 1.82) is 0 Å². The van der Waals surface area contributed by atoms with Crippen LogP contribution >= 0.6 is 11.6 Å². The molecule has 1 rings (SSSR count). The van der Waals surface area contributed by atoms with E-state index in [2.05, 4.69) is 19.4 Å². The van der Waals surface area contributed by atoms with E-state index in [1.165, 1.54) is 12.4 Å². The maximum absolute atomic E-state index is 11.4. The Morgan fingerprint density at radius 3 is 2.00 bits per heavy atom. The molecule has 0 aliphatic rings. The summed E-state index contributed by atoms with van der Waals surface area (Å²) in [6, 6.07) is 0. The van der Waals surface area contributed by atoms with Gasteiger partial charge in [-0.05, 0) is 0 Å². The Bertz CT molecular complexity index is 377. The topological polar surface area (TPSA) is 78.4 Å². The van der Waals surface area contributed by atoms with Crippen LogP contribution in [0.15, 0.2) is 12.4 Å². The van der Waals surface area contributed by atoms with E-state index < -0.39 is 17.9 Å². The highest BCUT2D eigenvalue weighted by molar-refractivity contribution is 6.30. The van der Waals surface area contributed by atoms with Gasteiger partial charge in [-0.25, -0.2) is 9.97 Å². The van der Waals surface area contributed by atoms with Crippen LogP contribution in [0.4, 0.5) is 0 Å². The molecule has 0 aliphatic heterocycles. The molecule has 1 heterocycles. The number of carbonyl (C=O) groups excluding carboxylic acids is 2. The lowest BCUT2D eigenvalue weighted by Crippen LogP contribution is -2.26. The van der Waals surface area contributed by atoms with Crippen LogP contribution in [0, 0.1) is 0 Å². The number of hydrogen-bond acceptors (Lipinski definition) is 6. The lowest BCUT2D eigenvalue weighted by Gasteiger charge is -2.10. The van der Waals surface area contributed by atoms with Gasteiger partial charge in [0.25, 0.3) is 0 Å². The molecule has 0 bridgehead atoms. The van der Waals surface area contributed by atoms with E-state index in [-0.39, 0.29) is 5.82 Å². The molecule has 0 saturated heterocycles. The van der Waals surface area contributed by atoms with Gasteiger partial charge < -0.3 is 9.47 Å². The summed E-state index contributed by atoms with van der Waals surface area (Å²) < 4.78 is 8.93. The van der Waals surface area contributed by atoms with Crippen molar-refractivity contribution < 1.29 is 19.1 Å². The molecular weight excluding hydrogens is 236 g/mol. The molecular formula is C9H9ClN2O4. The fourth-order valence-corrected chi connectivity index (χ4v) is 1.11. The number of hydrogen-bond donors (Lipinski definition) is 0. The van der Waals surface area contributed by atoms with E-state index in [0.29, 0.717) is 5.02 Å². The summed E-state index contributed by atoms with van der Waals surface area (Å²) in [6.07, 6.45) is 2.56. The van der Waals surface area contributed by atoms with Crippen LogP contribution in [0.5, 0.6) is 0 Å². The van der Waals surface area contributed by atoms with E-state index in [9.17, 15) is 9.59 Å². The van der Waals surface area contributed by atoms with Crippen LogP contribution in [0.2, 0.25) is 5.02 Å². The van der Waals surface area contributed by atoms with Crippen LogP contribution in [-0.4, -0.2) is 36.1 Å². The van der Waals surface area contributed by atoms with Crippen LogP contribution in [0.1, 0.15) is 11.7 Å². The van der Waals surface area contributed by atoms with Crippen molar-refractivity contribution in [2.45, 2.75) is 5.92 Å². The zero-order chi connectivity index (χ0) is 12.1. The first-order valence-corrected chi connectivity index (χ1v) is 4.61. The van der Waals surface area contributed by atoms with Gasteiger partial charge in [0.15, 0.2) is 5.82 Å². The third kappa shape index (κ3) is 2.66. The first-order chi connectivity index (χ1) is 7.60. The number of nitrogens with zero attached hydrogens (tertiary/aromatic N) is 2. The minimum atomic E-state index is -1.28. The molecule has 0 unspecified atom stereocenters. The second kappa shape index (κ2) is 5.41. The summed E-state index contributed by atoms with van der Waals surface area (Å²) in [5.74, 6) is -2.86. The van der Waals surface area contributed by atoms with Gasteiger partial charge >= 0.3 is 11.9 Å². The summed E-state index contributed by atoms with van der Waals surface area (Å²) in [5, 5.41) is 0.303. The van der Waals surface area contributed by atoms with E-state index in [4.69, 9.17) is 11.6 Å². The molecule has 0 N–H and O–H groups in total. The monoisotopic (exact) mass is 244 g/mol. The maximum Gasteiger partial charge on any atom is 0.327 e. The van der Waals surface area contributed by atoms with E-state index in [1.807, 2.05) is 0 Å². The molecule has 0 saturated carbocycles. The largest absolute Gasteiger partial charge is 0.468 e. The van der Waals surface area contributed by atoms with E-state index in [1.54, 1.807) is 0 Å². The van der Waals surface area contributed by atoms with Gasteiger partial charge in [-0.2, -0.15) is 0 Å². The Balaban J connectivity index is 3.06. The molecule has 0 atom stereocenters. The number of methoxy groups -OCH3 is 2. The predicted octanol–water partition coefficient (Wildman–Crippen LogP) is 0.560. The molecule has 6 nitrogen and oxygen atoms in total. The smallest absolute Gasteiger partial charge is 0.327 e. The Labute approximate surface area is 96.5 Å². The zero-order valence-electron chi connectivity index (χ0n) is 8.64. The lowest BCUT2D eigenvalue weighted by atomic mass is 10.1. The lowest BCUT2D eigenvalue weighted by molar-refractivity contribution is -0.154. The average Bonchev–Trinajstić information content (AvgIpc) is 2.31. The van der Waals surface area contributed by atoms with Crippen molar-refractivity contribution in [3.05, 3.63) is 23.2 Å². The van der Waals surface area contributed by atoms with E-state index >= 15 is 0 Å². The number of carbonyl (C=O) groups is 2. The summed E-state index contributed by atoms with van der Waals surface area (Å²) >= 11 is 5.59. The van der Waals surface area contributed by atoms with Crippen molar-refractivity contribution in [1.82, 2.24) is 9.97 Å². The number of halogens is 1. The first kappa shape index (κ1) is 12.4. The van der Waals surface area contributed by atoms with Gasteiger partial charge in [0.1, 0.15) is 0 Å². The highest BCUT2D eigenvalue weighted by atomic mass is 35.5. The summed E-state index contributed by atoms with van der Waals surface area (Å²) in [7, 11) is 2.32. The van der Waals surface area contributed by atoms with Crippen LogP contribution in [0.25, 0.3) is 0 Å². The minimum absolute atomic E-state index is 0.0110. The normalized spacial score (nSPS) is 10.0. The molecule has 0 aliphatic carbocycles. The van der Waals surface area contributed by atoms with Crippen molar-refractivity contribution in [3.8, 4) is 0 Å². The molecule has 0 amide bonds. The maximum atomic E-state index is 11.4. The van der Waals surface area contributed by atoms with E-state index in [0.717, 1.165) is 14.2 Å². The predicted molar refractivity (Wildman–Crippen MR) is 53.8 cm³/mol. The Morgan fingerprint density at radius 1 is 1.19 bits per heavy atom. The molecule has 1 aromatic rings. The van der Waals surface area contributed by atoms with Crippen molar-refractivity contribution in [2.24, 2.45) is 0 Å². The summed E-state index contributed by atoms with van der Waals surface area (Å²) in [6.45, 7) is 0. The molecule has 0 fully saturated rings. The molecule has 16 heavy (non-hydrogen) atoms. The third-order valence-electron chi connectivity index (χ3n) is 1.77. The molecule has 1 aromatic heterocycles. The van der Waals surface area contributed by atoms with Gasteiger partial charge in [-0.1, -0.05) is 11.6 Å². The zero-order valence-corrected chi connectivity index (χ0v) is 9.39. The van der Waals surface area contributed by atoms with Gasteiger partial charge in [-0.15, -0.1) is 0 Å². The van der Waals surface area contributed by atoms with Gasteiger partial charge in [0.2, 0.25) is 5.92 Å². The third-order valence-corrected chi connectivity index (χ3v) is 1.97. The molecule has 0 radical (unpaired) electrons. The number of esters is 2. The van der Waals surface area contributed by atoms with Gasteiger partial charge in [-0.3, -0.25) is 9.59 Å². The van der Waals surface area contributed by atoms with Crippen molar-refractivity contribution in [2.75, 3.05) is 14.2 Å². The highest BCUT2D eigenvalue weighted by Crippen LogP contribution is 2.15. The Hall–Kier alpha value is -1.69. The average molecular weight is 245 g/mol. The van der Waals surface area contributed by atoms with Crippen molar-refractivity contribution in [3.63, 3.8) is 0 Å². The minimum Gasteiger partial charge on any atom is -0.468 e. The SMILES string of the molecule is COC(=O)C(C(=O)OC)c1ncc(Cl)cn1. The first-order valence-electron chi connectivity index (χ1n) is 4.23. The van der Waals surface area contributed by atoms with Gasteiger partial charge in [0.05, 0.1) is 19.2 Å². The second-order valence-corrected chi connectivity index (χ2v) is 3.18. The number of ether oxygens (including phenoxy) is 2. The summed E-state index contributed by atoms with van der Waals surface area (Å²) in [4.78, 5) is 30.3. The standard InChI is InChI=1S/C9H9ClN2O4/c1-15-8(13)6(9(14)16-2)7-11-3-5(10)4-12-7/h3-4,6H,1-2H3. The number of aromatic nitrogens is 2. The highest BCUT2D eigenvalue weighted by Gasteiger charge is 2.33. The van der Waals surface area contributed by atoms with Crippen LogP contribution in [-0.2, 0) is 19.1 Å². The van der Waals surface area contributed by atoms with Crippen LogP contribution in [0.3, 0.4) is 0 Å². The fraction of sp³-hybridized carbons (Fsp3) is 0.333. The van der Waals surface area contributed by atoms with Gasteiger partial charge in [0, 0.05) is 12.4 Å². The number of rotatable bonds is 3. The molecule has 7 heteroatoms. The molecule has 86 valence electrons. The summed E-state index contributed by atoms with van der Waals surface area (Å²) in [5.41, 5.74) is 0. The fourth-order valence-electron chi connectivity index (χ4n) is 1.01. The molecule has 0 spiro atoms. The molecule has 0 aromatic carbocycles. The Morgan fingerprint density at radius 2 is 1.62 bits per heavy atom. The Kier molecular flexibility index (Phi) is 4.19. The van der Waals surface area contributed by atoms with Crippen LogP contribution < -0.4 is 0 Å².